The van der Waals surface area contributed by atoms with Crippen molar-refractivity contribution < 1.29 is 9.53 Å². The Morgan fingerprint density at radius 3 is 2.14 bits per heavy atom. The normalized spacial score (nSPS) is 10.7. The lowest BCUT2D eigenvalue weighted by molar-refractivity contribution is 0.103. The fourth-order valence-corrected chi connectivity index (χ4v) is 4.00. The molecule has 0 radical (unpaired) electrons. The summed E-state index contributed by atoms with van der Waals surface area (Å²) in [7, 11) is 0. The summed E-state index contributed by atoms with van der Waals surface area (Å²) in [6.07, 6.45) is 4.64. The van der Waals surface area contributed by atoms with E-state index in [-0.39, 0.29) is 5.78 Å². The first-order valence-electron chi connectivity index (χ1n) is 9.97. The van der Waals surface area contributed by atoms with Gasteiger partial charge in [0.2, 0.25) is 0 Å². The monoisotopic (exact) mass is 422 g/mol. The zero-order valence-electron chi connectivity index (χ0n) is 16.4. The maximum absolute atomic E-state index is 12.4. The van der Waals surface area contributed by atoms with Gasteiger partial charge in [-0.1, -0.05) is 43.2 Å². The second kappa shape index (κ2) is 11.7. The van der Waals surface area contributed by atoms with Crippen molar-refractivity contribution in [1.29, 1.82) is 0 Å². The Kier molecular flexibility index (Phi) is 8.72. The second-order valence-corrected chi connectivity index (χ2v) is 8.51. The van der Waals surface area contributed by atoms with Crippen molar-refractivity contribution in [1.82, 2.24) is 0 Å². The Labute approximate surface area is 183 Å². The van der Waals surface area contributed by atoms with Crippen LogP contribution in [-0.2, 0) is 0 Å². The SMILES string of the molecule is O=C(c1ccccc1)c1ccc(OCCCCCCSc2ccc(S)cc2)cc1. The van der Waals surface area contributed by atoms with E-state index < -0.39 is 0 Å². The summed E-state index contributed by atoms with van der Waals surface area (Å²) in [5, 5.41) is 0. The first-order valence-corrected chi connectivity index (χ1v) is 11.4. The molecule has 0 amide bonds. The van der Waals surface area contributed by atoms with E-state index in [0.29, 0.717) is 17.7 Å². The summed E-state index contributed by atoms with van der Waals surface area (Å²) in [6, 6.07) is 25.1. The number of unbranched alkanes of at least 4 members (excludes halogenated alkanes) is 3. The van der Waals surface area contributed by atoms with Crippen molar-refractivity contribution in [2.24, 2.45) is 0 Å². The predicted octanol–water partition coefficient (Wildman–Crippen LogP) is 6.94. The number of rotatable bonds is 11. The van der Waals surface area contributed by atoms with Crippen LogP contribution in [0.15, 0.2) is 88.7 Å². The van der Waals surface area contributed by atoms with E-state index in [1.807, 2.05) is 78.5 Å². The molecule has 0 aromatic heterocycles. The van der Waals surface area contributed by atoms with E-state index in [9.17, 15) is 4.79 Å². The van der Waals surface area contributed by atoms with E-state index in [1.165, 1.54) is 24.2 Å². The van der Waals surface area contributed by atoms with Crippen LogP contribution in [0.25, 0.3) is 0 Å². The third kappa shape index (κ3) is 7.30. The minimum atomic E-state index is 0.0385. The van der Waals surface area contributed by atoms with Crippen molar-refractivity contribution in [3.63, 3.8) is 0 Å². The average Bonchev–Trinajstić information content (AvgIpc) is 2.77. The Balaban J connectivity index is 1.29. The first-order chi connectivity index (χ1) is 14.2. The smallest absolute Gasteiger partial charge is 0.193 e. The molecule has 4 heteroatoms. The van der Waals surface area contributed by atoms with Crippen LogP contribution in [0.1, 0.15) is 41.6 Å². The molecule has 3 rings (SSSR count). The van der Waals surface area contributed by atoms with Crippen LogP contribution in [0, 0.1) is 0 Å². The van der Waals surface area contributed by atoms with Crippen molar-refractivity contribution in [3.8, 4) is 5.75 Å². The Morgan fingerprint density at radius 1 is 0.759 bits per heavy atom. The molecule has 0 saturated heterocycles. The molecule has 0 N–H and O–H groups in total. The van der Waals surface area contributed by atoms with Crippen LogP contribution in [0.5, 0.6) is 5.75 Å². The molecule has 0 saturated carbocycles. The lowest BCUT2D eigenvalue weighted by Gasteiger charge is -2.07. The largest absolute Gasteiger partial charge is 0.494 e. The molecule has 29 heavy (non-hydrogen) atoms. The standard InChI is InChI=1S/C25H26O2S2/c26-25(20-8-4-3-5-9-20)21-10-12-22(13-11-21)27-18-6-1-2-7-19-29-24-16-14-23(28)15-17-24/h3-5,8-17,28H,1-2,6-7,18-19H2. The molecular formula is C25H26O2S2. The lowest BCUT2D eigenvalue weighted by atomic mass is 10.0. The molecule has 150 valence electrons. The summed E-state index contributed by atoms with van der Waals surface area (Å²) in [4.78, 5) is 14.7. The van der Waals surface area contributed by atoms with Crippen LogP contribution in [-0.4, -0.2) is 18.1 Å². The molecule has 0 spiro atoms. The molecule has 3 aromatic carbocycles. The zero-order valence-corrected chi connectivity index (χ0v) is 18.1. The Bertz CT molecular complexity index is 875. The van der Waals surface area contributed by atoms with Gasteiger partial charge in [0, 0.05) is 20.9 Å². The first kappa shape index (κ1) is 21.5. The van der Waals surface area contributed by atoms with Crippen molar-refractivity contribution in [2.75, 3.05) is 12.4 Å². The van der Waals surface area contributed by atoms with E-state index >= 15 is 0 Å². The molecule has 2 nitrogen and oxygen atoms in total. The predicted molar refractivity (Wildman–Crippen MR) is 125 cm³/mol. The van der Waals surface area contributed by atoms with Crippen molar-refractivity contribution in [3.05, 3.63) is 90.0 Å². The second-order valence-electron chi connectivity index (χ2n) is 6.82. The number of carbonyl (C=O) groups excluding carboxylic acids is 1. The van der Waals surface area contributed by atoms with Crippen LogP contribution in [0.2, 0.25) is 0 Å². The summed E-state index contributed by atoms with van der Waals surface area (Å²) in [6.45, 7) is 0.711. The van der Waals surface area contributed by atoms with E-state index in [4.69, 9.17) is 4.74 Å². The zero-order chi connectivity index (χ0) is 20.3. The number of benzene rings is 3. The van der Waals surface area contributed by atoms with E-state index in [0.717, 1.165) is 22.8 Å². The van der Waals surface area contributed by atoms with Crippen LogP contribution >= 0.6 is 24.4 Å². The van der Waals surface area contributed by atoms with Crippen LogP contribution < -0.4 is 4.74 Å². The molecule has 0 aliphatic heterocycles. The number of hydrogen-bond acceptors (Lipinski definition) is 4. The molecule has 0 fully saturated rings. The number of ether oxygens (including phenoxy) is 1. The minimum absolute atomic E-state index is 0.0385. The van der Waals surface area contributed by atoms with Gasteiger partial charge in [-0.15, -0.1) is 24.4 Å². The number of ketones is 1. The molecule has 3 aromatic rings. The fourth-order valence-electron chi connectivity index (χ4n) is 2.94. The summed E-state index contributed by atoms with van der Waals surface area (Å²) < 4.78 is 5.81. The lowest BCUT2D eigenvalue weighted by Crippen LogP contribution is -2.01. The summed E-state index contributed by atoms with van der Waals surface area (Å²) in [5.74, 6) is 2.00. The number of hydrogen-bond donors (Lipinski definition) is 1. The summed E-state index contributed by atoms with van der Waals surface area (Å²) >= 11 is 6.21. The number of thioether (sulfide) groups is 1. The highest BCUT2D eigenvalue weighted by molar-refractivity contribution is 7.99. The van der Waals surface area contributed by atoms with E-state index in [1.54, 1.807) is 0 Å². The van der Waals surface area contributed by atoms with Crippen molar-refractivity contribution in [2.45, 2.75) is 35.5 Å². The van der Waals surface area contributed by atoms with Gasteiger partial charge in [-0.2, -0.15) is 0 Å². The maximum Gasteiger partial charge on any atom is 0.193 e. The molecule has 0 bridgehead atoms. The van der Waals surface area contributed by atoms with Gasteiger partial charge in [-0.05, 0) is 67.1 Å². The van der Waals surface area contributed by atoms with Gasteiger partial charge in [-0.3, -0.25) is 4.79 Å². The number of thiol groups is 1. The van der Waals surface area contributed by atoms with Gasteiger partial charge >= 0.3 is 0 Å². The Hall–Kier alpha value is -2.17. The van der Waals surface area contributed by atoms with Gasteiger partial charge in [0.15, 0.2) is 5.78 Å². The molecular weight excluding hydrogens is 396 g/mol. The summed E-state index contributed by atoms with van der Waals surface area (Å²) in [5.41, 5.74) is 1.39. The van der Waals surface area contributed by atoms with Gasteiger partial charge in [-0.25, -0.2) is 0 Å². The van der Waals surface area contributed by atoms with Crippen LogP contribution in [0.4, 0.5) is 0 Å². The van der Waals surface area contributed by atoms with Crippen molar-refractivity contribution >= 4 is 30.2 Å². The van der Waals surface area contributed by atoms with Gasteiger partial charge in [0.1, 0.15) is 5.75 Å². The average molecular weight is 423 g/mol. The third-order valence-corrected chi connectivity index (χ3v) is 5.96. The fraction of sp³-hybridized carbons (Fsp3) is 0.240. The molecule has 0 unspecified atom stereocenters. The number of carbonyl (C=O) groups is 1. The molecule has 0 heterocycles. The quantitative estimate of drug-likeness (QED) is 0.157. The topological polar surface area (TPSA) is 26.3 Å². The molecule has 0 aliphatic rings. The Morgan fingerprint density at radius 2 is 1.41 bits per heavy atom. The minimum Gasteiger partial charge on any atom is -0.494 e. The highest BCUT2D eigenvalue weighted by Gasteiger charge is 2.08. The van der Waals surface area contributed by atoms with Crippen LogP contribution in [0.3, 0.4) is 0 Å². The highest BCUT2D eigenvalue weighted by atomic mass is 32.2. The van der Waals surface area contributed by atoms with E-state index in [2.05, 4.69) is 24.8 Å². The molecule has 0 atom stereocenters. The maximum atomic E-state index is 12.4. The molecule has 0 aliphatic carbocycles. The van der Waals surface area contributed by atoms with Gasteiger partial charge in [0.25, 0.3) is 0 Å². The third-order valence-electron chi connectivity index (χ3n) is 4.57. The van der Waals surface area contributed by atoms with Gasteiger partial charge in [0.05, 0.1) is 6.61 Å². The highest BCUT2D eigenvalue weighted by Crippen LogP contribution is 2.21. The van der Waals surface area contributed by atoms with Gasteiger partial charge < -0.3 is 4.74 Å².